The predicted octanol–water partition coefficient (Wildman–Crippen LogP) is 3.03. The van der Waals surface area contributed by atoms with Gasteiger partial charge in [-0.2, -0.15) is 0 Å². The van der Waals surface area contributed by atoms with Crippen molar-refractivity contribution in [1.29, 1.82) is 0 Å². The number of carbonyl (C=O) groups is 2. The van der Waals surface area contributed by atoms with Gasteiger partial charge in [0.25, 0.3) is 0 Å². The first kappa shape index (κ1) is 21.8. The average molecular weight is 410 g/mol. The van der Waals surface area contributed by atoms with Crippen LogP contribution in [0.5, 0.6) is 5.75 Å². The lowest BCUT2D eigenvalue weighted by Crippen LogP contribution is -2.54. The molecule has 1 N–H and O–H groups in total. The zero-order valence-electron chi connectivity index (χ0n) is 18.3. The third-order valence-electron chi connectivity index (χ3n) is 5.81. The van der Waals surface area contributed by atoms with E-state index in [1.807, 2.05) is 68.1 Å². The molecular formula is C24H31N3O3. The highest BCUT2D eigenvalue weighted by atomic mass is 16.5. The number of hydrogen-bond donors (Lipinski definition) is 1. The number of rotatable bonds is 6. The first-order chi connectivity index (χ1) is 14.4. The normalized spacial score (nSPS) is 15.5. The van der Waals surface area contributed by atoms with Crippen molar-refractivity contribution < 1.29 is 14.3 Å². The zero-order valence-corrected chi connectivity index (χ0v) is 18.3. The zero-order chi connectivity index (χ0) is 21.7. The topological polar surface area (TPSA) is 61.9 Å². The highest BCUT2D eigenvalue weighted by molar-refractivity contribution is 5.96. The molecule has 0 aromatic heterocycles. The molecule has 1 aliphatic heterocycles. The molecule has 1 unspecified atom stereocenters. The Labute approximate surface area is 178 Å². The maximum absolute atomic E-state index is 12.8. The van der Waals surface area contributed by atoms with E-state index in [0.29, 0.717) is 44.0 Å². The molecule has 1 fully saturated rings. The predicted molar refractivity (Wildman–Crippen MR) is 119 cm³/mol. The van der Waals surface area contributed by atoms with Gasteiger partial charge in [0.05, 0.1) is 25.3 Å². The van der Waals surface area contributed by atoms with Gasteiger partial charge < -0.3 is 15.0 Å². The van der Waals surface area contributed by atoms with Gasteiger partial charge in [0.1, 0.15) is 5.75 Å². The van der Waals surface area contributed by atoms with Crippen LogP contribution >= 0.6 is 0 Å². The summed E-state index contributed by atoms with van der Waals surface area (Å²) in [4.78, 5) is 29.5. The van der Waals surface area contributed by atoms with E-state index in [1.165, 1.54) is 0 Å². The molecule has 0 radical (unpaired) electrons. The van der Waals surface area contributed by atoms with Crippen LogP contribution in [0.15, 0.2) is 42.5 Å². The molecule has 2 aromatic carbocycles. The molecule has 0 aliphatic carbocycles. The molecule has 6 heteroatoms. The Bertz CT molecular complexity index is 904. The van der Waals surface area contributed by atoms with E-state index >= 15 is 0 Å². The second kappa shape index (κ2) is 9.76. The van der Waals surface area contributed by atoms with E-state index in [4.69, 9.17) is 4.74 Å². The number of methoxy groups -OCH3 is 1. The Hall–Kier alpha value is -2.86. The summed E-state index contributed by atoms with van der Waals surface area (Å²) in [5, 5.41) is 2.99. The fourth-order valence-corrected chi connectivity index (χ4v) is 3.76. The molecule has 0 bridgehead atoms. The summed E-state index contributed by atoms with van der Waals surface area (Å²) in [5.74, 6) is 0.719. The minimum Gasteiger partial charge on any atom is -0.495 e. The summed E-state index contributed by atoms with van der Waals surface area (Å²) in [6.07, 6.45) is 0.426. The quantitative estimate of drug-likeness (QED) is 0.797. The highest BCUT2D eigenvalue weighted by Crippen LogP contribution is 2.25. The lowest BCUT2D eigenvalue weighted by atomic mass is 10.0. The number of nitrogens with one attached hydrogen (secondary N) is 1. The number of amides is 2. The van der Waals surface area contributed by atoms with Gasteiger partial charge in [-0.3, -0.25) is 14.5 Å². The average Bonchev–Trinajstić information content (AvgIpc) is 2.75. The van der Waals surface area contributed by atoms with Gasteiger partial charge in [0, 0.05) is 26.2 Å². The summed E-state index contributed by atoms with van der Waals surface area (Å²) >= 11 is 0. The van der Waals surface area contributed by atoms with Crippen LogP contribution in [0.25, 0.3) is 0 Å². The minimum atomic E-state index is -0.288. The van der Waals surface area contributed by atoms with Gasteiger partial charge in [-0.1, -0.05) is 30.3 Å². The maximum Gasteiger partial charge on any atom is 0.241 e. The van der Waals surface area contributed by atoms with Gasteiger partial charge in [0.15, 0.2) is 0 Å². The number of aryl methyl sites for hydroxylation is 2. The Morgan fingerprint density at radius 2 is 1.77 bits per heavy atom. The van der Waals surface area contributed by atoms with Crippen molar-refractivity contribution in [2.45, 2.75) is 33.2 Å². The lowest BCUT2D eigenvalue weighted by Gasteiger charge is -2.37. The van der Waals surface area contributed by atoms with Crippen molar-refractivity contribution >= 4 is 17.5 Å². The molecule has 1 aliphatic rings. The van der Waals surface area contributed by atoms with Crippen LogP contribution in [0.3, 0.4) is 0 Å². The van der Waals surface area contributed by atoms with Crippen LogP contribution in [0, 0.1) is 13.8 Å². The number of benzene rings is 2. The van der Waals surface area contributed by atoms with Crippen molar-refractivity contribution in [1.82, 2.24) is 9.80 Å². The molecule has 0 saturated carbocycles. The van der Waals surface area contributed by atoms with Crippen molar-refractivity contribution in [2.75, 3.05) is 38.6 Å². The van der Waals surface area contributed by atoms with Crippen LogP contribution in [-0.4, -0.2) is 60.9 Å². The van der Waals surface area contributed by atoms with Crippen LogP contribution in [0.2, 0.25) is 0 Å². The lowest BCUT2D eigenvalue weighted by molar-refractivity contribution is -0.133. The van der Waals surface area contributed by atoms with Gasteiger partial charge in [-0.25, -0.2) is 0 Å². The van der Waals surface area contributed by atoms with E-state index < -0.39 is 0 Å². The number of anilines is 1. The van der Waals surface area contributed by atoms with Gasteiger partial charge in [-0.15, -0.1) is 0 Å². The Balaban J connectivity index is 1.54. The van der Waals surface area contributed by atoms with E-state index in [1.54, 1.807) is 7.11 Å². The van der Waals surface area contributed by atoms with Gasteiger partial charge >= 0.3 is 0 Å². The third-order valence-corrected chi connectivity index (χ3v) is 5.81. The molecule has 30 heavy (non-hydrogen) atoms. The van der Waals surface area contributed by atoms with Gasteiger partial charge in [0.2, 0.25) is 11.8 Å². The summed E-state index contributed by atoms with van der Waals surface area (Å²) < 4.78 is 5.35. The molecular weight excluding hydrogens is 378 g/mol. The molecule has 2 aromatic rings. The highest BCUT2D eigenvalue weighted by Gasteiger charge is 2.28. The second-order valence-electron chi connectivity index (χ2n) is 7.89. The number of carbonyl (C=O) groups excluding carboxylic acids is 2. The van der Waals surface area contributed by atoms with E-state index in [2.05, 4.69) is 10.2 Å². The fraction of sp³-hybridized carbons (Fsp3) is 0.417. The number of ether oxygens (including phenoxy) is 1. The maximum atomic E-state index is 12.8. The molecule has 0 spiro atoms. The monoisotopic (exact) mass is 409 g/mol. The Morgan fingerprint density at radius 1 is 1.07 bits per heavy atom. The second-order valence-corrected chi connectivity index (χ2v) is 7.89. The minimum absolute atomic E-state index is 0.0708. The Morgan fingerprint density at radius 3 is 2.43 bits per heavy atom. The van der Waals surface area contributed by atoms with Crippen LogP contribution in [-0.2, 0) is 16.0 Å². The van der Waals surface area contributed by atoms with E-state index in [-0.39, 0.29) is 17.9 Å². The number of piperazine rings is 1. The van der Waals surface area contributed by atoms with Crippen LogP contribution in [0.1, 0.15) is 23.6 Å². The molecule has 1 atom stereocenters. The summed E-state index contributed by atoms with van der Waals surface area (Å²) in [7, 11) is 1.59. The first-order valence-electron chi connectivity index (χ1n) is 10.4. The van der Waals surface area contributed by atoms with Crippen molar-refractivity contribution in [2.24, 2.45) is 0 Å². The van der Waals surface area contributed by atoms with Gasteiger partial charge in [-0.05, 0) is 49.6 Å². The van der Waals surface area contributed by atoms with Crippen LogP contribution < -0.4 is 10.1 Å². The van der Waals surface area contributed by atoms with E-state index in [0.717, 1.165) is 16.7 Å². The number of hydrogen-bond acceptors (Lipinski definition) is 4. The summed E-state index contributed by atoms with van der Waals surface area (Å²) in [6.45, 7) is 8.54. The Kier molecular flexibility index (Phi) is 7.11. The molecule has 1 saturated heterocycles. The molecule has 2 amide bonds. The van der Waals surface area contributed by atoms with Crippen molar-refractivity contribution in [3.8, 4) is 5.75 Å². The fourth-order valence-electron chi connectivity index (χ4n) is 3.76. The SMILES string of the molecule is COc1ccc(C)cc1NC(=O)C(C)N1CCN(C(=O)Cc2ccccc2C)CC1. The largest absolute Gasteiger partial charge is 0.495 e. The first-order valence-corrected chi connectivity index (χ1v) is 10.4. The summed E-state index contributed by atoms with van der Waals surface area (Å²) in [6, 6.07) is 13.4. The number of nitrogens with zero attached hydrogens (tertiary/aromatic N) is 2. The summed E-state index contributed by atoms with van der Waals surface area (Å²) in [5.41, 5.74) is 3.95. The smallest absolute Gasteiger partial charge is 0.241 e. The third kappa shape index (κ3) is 5.19. The van der Waals surface area contributed by atoms with Crippen molar-refractivity contribution in [3.63, 3.8) is 0 Å². The molecule has 160 valence electrons. The van der Waals surface area contributed by atoms with Crippen LogP contribution in [0.4, 0.5) is 5.69 Å². The molecule has 6 nitrogen and oxygen atoms in total. The van der Waals surface area contributed by atoms with Crippen molar-refractivity contribution in [3.05, 3.63) is 59.2 Å². The van der Waals surface area contributed by atoms with E-state index in [9.17, 15) is 9.59 Å². The standard InChI is InChI=1S/C24H31N3O3/c1-17-9-10-22(30-4)21(15-17)25-24(29)19(3)26-11-13-27(14-12-26)23(28)16-20-8-6-5-7-18(20)2/h5-10,15,19H,11-14,16H2,1-4H3,(H,25,29). The molecule has 3 rings (SSSR count). The molecule has 1 heterocycles.